The molecule has 0 atom stereocenters. The summed E-state index contributed by atoms with van der Waals surface area (Å²) >= 11 is 0. The Morgan fingerprint density at radius 3 is 2.93 bits per heavy atom. The fourth-order valence-corrected chi connectivity index (χ4v) is 0.809. The number of aromatic nitrogens is 1. The third-order valence-corrected chi connectivity index (χ3v) is 1.41. The van der Waals surface area contributed by atoms with Crippen molar-refractivity contribution in [3.8, 4) is 0 Å². The van der Waals surface area contributed by atoms with E-state index in [-0.39, 0.29) is 24.6 Å². The molecule has 1 heterocycles. The van der Waals surface area contributed by atoms with Gasteiger partial charge in [0.05, 0.1) is 11.8 Å². The molecular formula is C9H14N2O3. The topological polar surface area (TPSA) is 64.4 Å². The molecule has 0 saturated heterocycles. The second-order valence-corrected chi connectivity index (χ2v) is 3.20. The molecule has 1 N–H and O–H groups in total. The number of hydrogen-bond donors (Lipinski definition) is 1. The Kier molecular flexibility index (Phi) is 3.64. The highest BCUT2D eigenvalue weighted by Gasteiger charge is 2.07. The molecule has 0 fully saturated rings. The Labute approximate surface area is 82.5 Å². The highest BCUT2D eigenvalue weighted by molar-refractivity contribution is 5.89. The summed E-state index contributed by atoms with van der Waals surface area (Å²) in [5.41, 5.74) is 0.727. The summed E-state index contributed by atoms with van der Waals surface area (Å²) in [6.07, 6.45) is 1.51. The van der Waals surface area contributed by atoms with E-state index >= 15 is 0 Å². The number of carbonyl (C=O) groups is 1. The predicted octanol–water partition coefficient (Wildman–Crippen LogP) is 1.35. The van der Waals surface area contributed by atoms with E-state index in [1.807, 2.05) is 13.8 Å². The average molecular weight is 198 g/mol. The van der Waals surface area contributed by atoms with E-state index in [4.69, 9.17) is 9.15 Å². The molecule has 0 aliphatic carbocycles. The van der Waals surface area contributed by atoms with Gasteiger partial charge in [0.2, 0.25) is 0 Å². The van der Waals surface area contributed by atoms with Gasteiger partial charge in [0.15, 0.2) is 0 Å². The summed E-state index contributed by atoms with van der Waals surface area (Å²) < 4.78 is 10.0. The lowest BCUT2D eigenvalue weighted by atomic mass is 10.5. The lowest BCUT2D eigenvalue weighted by Crippen LogP contribution is -2.20. The van der Waals surface area contributed by atoms with Gasteiger partial charge >= 0.3 is 6.01 Å². The van der Waals surface area contributed by atoms with Crippen molar-refractivity contribution in [1.82, 2.24) is 4.98 Å². The summed E-state index contributed by atoms with van der Waals surface area (Å²) in [6.45, 7) is 5.52. The molecule has 1 aromatic heterocycles. The van der Waals surface area contributed by atoms with Crippen LogP contribution in [0.15, 0.2) is 10.7 Å². The quantitative estimate of drug-likeness (QED) is 0.793. The van der Waals surface area contributed by atoms with E-state index in [1.54, 1.807) is 6.92 Å². The molecule has 0 saturated carbocycles. The Balaban J connectivity index is 2.34. The van der Waals surface area contributed by atoms with Gasteiger partial charge in [-0.25, -0.2) is 0 Å². The van der Waals surface area contributed by atoms with Crippen molar-refractivity contribution < 1.29 is 13.9 Å². The first kappa shape index (κ1) is 10.7. The first-order valence-electron chi connectivity index (χ1n) is 4.41. The average Bonchev–Trinajstić information content (AvgIpc) is 2.48. The fourth-order valence-electron chi connectivity index (χ4n) is 0.809. The van der Waals surface area contributed by atoms with E-state index in [1.165, 1.54) is 6.26 Å². The van der Waals surface area contributed by atoms with Crippen LogP contribution < -0.4 is 5.32 Å². The van der Waals surface area contributed by atoms with Crippen molar-refractivity contribution >= 4 is 11.9 Å². The van der Waals surface area contributed by atoms with E-state index in [9.17, 15) is 4.79 Å². The van der Waals surface area contributed by atoms with Gasteiger partial charge < -0.3 is 9.15 Å². The number of oxazole rings is 1. The van der Waals surface area contributed by atoms with E-state index in [2.05, 4.69) is 10.3 Å². The lowest BCUT2D eigenvalue weighted by molar-refractivity contribution is -0.122. The van der Waals surface area contributed by atoms with Gasteiger partial charge in [-0.15, -0.1) is 0 Å². The summed E-state index contributed by atoms with van der Waals surface area (Å²) in [6, 6.07) is 0.208. The van der Waals surface area contributed by atoms with Crippen molar-refractivity contribution in [2.24, 2.45) is 0 Å². The molecule has 0 unspecified atom stereocenters. The number of aryl methyl sites for hydroxylation is 1. The van der Waals surface area contributed by atoms with Gasteiger partial charge in [0.25, 0.3) is 5.91 Å². The van der Waals surface area contributed by atoms with Gasteiger partial charge in [0, 0.05) is 0 Å². The van der Waals surface area contributed by atoms with Crippen molar-refractivity contribution in [1.29, 1.82) is 0 Å². The fraction of sp³-hybridized carbons (Fsp3) is 0.556. The minimum absolute atomic E-state index is 0.0130. The monoisotopic (exact) mass is 198 g/mol. The van der Waals surface area contributed by atoms with Crippen LogP contribution in [0.5, 0.6) is 0 Å². The first-order chi connectivity index (χ1) is 6.58. The number of nitrogens with zero attached hydrogens (tertiary/aromatic N) is 1. The molecule has 0 aliphatic rings. The number of carbonyl (C=O) groups excluding carboxylic acids is 1. The van der Waals surface area contributed by atoms with Gasteiger partial charge in [0.1, 0.15) is 12.9 Å². The molecular weight excluding hydrogens is 184 g/mol. The van der Waals surface area contributed by atoms with Crippen LogP contribution in [0.25, 0.3) is 0 Å². The van der Waals surface area contributed by atoms with Crippen LogP contribution in [0.1, 0.15) is 19.5 Å². The highest BCUT2D eigenvalue weighted by atomic mass is 16.5. The predicted molar refractivity (Wildman–Crippen MR) is 51.0 cm³/mol. The number of hydrogen-bond acceptors (Lipinski definition) is 4. The normalized spacial score (nSPS) is 10.6. The zero-order valence-electron chi connectivity index (χ0n) is 8.53. The van der Waals surface area contributed by atoms with Gasteiger partial charge in [-0.2, -0.15) is 4.98 Å². The number of rotatable bonds is 4. The highest BCUT2D eigenvalue weighted by Crippen LogP contribution is 2.05. The van der Waals surface area contributed by atoms with Crippen molar-refractivity contribution in [3.63, 3.8) is 0 Å². The molecule has 0 radical (unpaired) electrons. The molecule has 0 bridgehead atoms. The third kappa shape index (κ3) is 3.57. The number of ether oxygens (including phenoxy) is 1. The first-order valence-corrected chi connectivity index (χ1v) is 4.41. The minimum Gasteiger partial charge on any atom is -0.432 e. The van der Waals surface area contributed by atoms with Gasteiger partial charge in [-0.05, 0) is 20.8 Å². The number of nitrogens with one attached hydrogen (secondary N) is 1. The molecule has 0 aliphatic heterocycles. The molecule has 1 amide bonds. The largest absolute Gasteiger partial charge is 0.432 e. The lowest BCUT2D eigenvalue weighted by Gasteiger charge is -2.05. The smallest absolute Gasteiger partial charge is 0.301 e. The van der Waals surface area contributed by atoms with Crippen LogP contribution in [0.4, 0.5) is 6.01 Å². The standard InChI is InChI=1S/C9H14N2O3/c1-6(2)13-5-8(12)11-9-10-7(3)4-14-9/h4,6H,5H2,1-3H3,(H,10,11,12). The zero-order chi connectivity index (χ0) is 10.6. The SMILES string of the molecule is Cc1coc(NC(=O)COC(C)C)n1. The van der Waals surface area contributed by atoms with Gasteiger partial charge in [-0.1, -0.05) is 0 Å². The summed E-state index contributed by atoms with van der Waals surface area (Å²) in [7, 11) is 0. The van der Waals surface area contributed by atoms with Crippen LogP contribution >= 0.6 is 0 Å². The third-order valence-electron chi connectivity index (χ3n) is 1.41. The Hall–Kier alpha value is -1.36. The Morgan fingerprint density at radius 1 is 1.71 bits per heavy atom. The van der Waals surface area contributed by atoms with Crippen LogP contribution in [0, 0.1) is 6.92 Å². The molecule has 0 aromatic carbocycles. The Bertz CT molecular complexity index is 307. The molecule has 78 valence electrons. The maximum Gasteiger partial charge on any atom is 0.301 e. The maximum absolute atomic E-state index is 11.2. The van der Waals surface area contributed by atoms with E-state index in [0.717, 1.165) is 5.69 Å². The summed E-state index contributed by atoms with van der Waals surface area (Å²) in [4.78, 5) is 15.1. The minimum atomic E-state index is -0.263. The molecule has 14 heavy (non-hydrogen) atoms. The van der Waals surface area contributed by atoms with Crippen molar-refractivity contribution in [3.05, 3.63) is 12.0 Å². The van der Waals surface area contributed by atoms with E-state index < -0.39 is 0 Å². The molecule has 1 rings (SSSR count). The van der Waals surface area contributed by atoms with Crippen LogP contribution in [-0.4, -0.2) is 23.6 Å². The van der Waals surface area contributed by atoms with Gasteiger partial charge in [-0.3, -0.25) is 10.1 Å². The second-order valence-electron chi connectivity index (χ2n) is 3.20. The molecule has 1 aromatic rings. The zero-order valence-corrected chi connectivity index (χ0v) is 8.53. The van der Waals surface area contributed by atoms with Crippen LogP contribution in [0.2, 0.25) is 0 Å². The van der Waals surface area contributed by atoms with Crippen LogP contribution in [0.3, 0.4) is 0 Å². The van der Waals surface area contributed by atoms with E-state index in [0.29, 0.717) is 0 Å². The molecule has 5 heteroatoms. The summed E-state index contributed by atoms with van der Waals surface area (Å²) in [5, 5.41) is 2.48. The number of amides is 1. The molecule has 0 spiro atoms. The van der Waals surface area contributed by atoms with Crippen LogP contribution in [-0.2, 0) is 9.53 Å². The molecule has 5 nitrogen and oxygen atoms in total. The number of anilines is 1. The second kappa shape index (κ2) is 4.76. The maximum atomic E-state index is 11.2. The van der Waals surface area contributed by atoms with Crippen molar-refractivity contribution in [2.75, 3.05) is 11.9 Å². The Morgan fingerprint density at radius 2 is 2.43 bits per heavy atom. The van der Waals surface area contributed by atoms with Crippen molar-refractivity contribution in [2.45, 2.75) is 26.9 Å². The summed E-state index contributed by atoms with van der Waals surface area (Å²) in [5.74, 6) is -0.263.